The van der Waals surface area contributed by atoms with Crippen molar-refractivity contribution in [3.63, 3.8) is 0 Å². The Morgan fingerprint density at radius 1 is 1.46 bits per heavy atom. The second-order valence-electron chi connectivity index (χ2n) is 4.95. The van der Waals surface area contributed by atoms with E-state index in [0.29, 0.717) is 6.04 Å². The normalized spacial score (nSPS) is 20.8. The number of likely N-dealkylation sites (N-methyl/N-ethyl adjacent to an activating group) is 1. The van der Waals surface area contributed by atoms with Gasteiger partial charge in [-0.2, -0.15) is 0 Å². The molecule has 0 spiro atoms. The zero-order valence-electron chi connectivity index (χ0n) is 9.30. The van der Waals surface area contributed by atoms with Crippen LogP contribution in [0.25, 0.3) is 0 Å². The molecule has 0 aromatic carbocycles. The number of nitrogens with zero attached hydrogens (tertiary/aromatic N) is 1. The minimum atomic E-state index is 0.136. The van der Waals surface area contributed by atoms with Gasteiger partial charge >= 0.3 is 0 Å². The number of hydrazine groups is 1. The molecule has 0 aromatic heterocycles. The molecule has 1 fully saturated rings. The molecule has 0 amide bonds. The number of rotatable bonds is 5. The van der Waals surface area contributed by atoms with Gasteiger partial charge in [-0.1, -0.05) is 12.8 Å². The molecule has 0 heterocycles. The maximum atomic E-state index is 5.60. The molecule has 0 aliphatic heterocycles. The lowest BCUT2D eigenvalue weighted by molar-refractivity contribution is 0.129. The Morgan fingerprint density at radius 2 is 2.00 bits per heavy atom. The van der Waals surface area contributed by atoms with Crippen molar-refractivity contribution in [2.45, 2.75) is 44.7 Å². The van der Waals surface area contributed by atoms with Gasteiger partial charge in [-0.3, -0.25) is 11.3 Å². The highest BCUT2D eigenvalue weighted by molar-refractivity contribution is 4.93. The Hall–Kier alpha value is -0.120. The van der Waals surface area contributed by atoms with E-state index in [1.54, 1.807) is 0 Å². The third kappa shape index (κ3) is 2.66. The van der Waals surface area contributed by atoms with E-state index in [1.165, 1.54) is 19.3 Å². The first-order chi connectivity index (χ1) is 5.98. The molecule has 1 unspecified atom stereocenters. The van der Waals surface area contributed by atoms with Crippen LogP contribution in [0.1, 0.15) is 33.1 Å². The molecule has 78 valence electrons. The van der Waals surface area contributed by atoms with Crippen molar-refractivity contribution in [3.8, 4) is 0 Å². The lowest BCUT2D eigenvalue weighted by atomic mass is 9.89. The summed E-state index contributed by atoms with van der Waals surface area (Å²) < 4.78 is 0. The lowest BCUT2D eigenvalue weighted by Crippen LogP contribution is -2.57. The molecule has 0 bridgehead atoms. The highest BCUT2D eigenvalue weighted by atomic mass is 15.3. The summed E-state index contributed by atoms with van der Waals surface area (Å²) in [6, 6.07) is 0.398. The highest BCUT2D eigenvalue weighted by Crippen LogP contribution is 2.36. The Kier molecular flexibility index (Phi) is 3.33. The first-order valence-electron chi connectivity index (χ1n) is 5.12. The van der Waals surface area contributed by atoms with Gasteiger partial charge in [0.15, 0.2) is 0 Å². The van der Waals surface area contributed by atoms with Crippen LogP contribution in [0.15, 0.2) is 0 Å². The average Bonchev–Trinajstić information content (AvgIpc) is 2.82. The molecule has 0 radical (unpaired) electrons. The summed E-state index contributed by atoms with van der Waals surface area (Å²) in [6.07, 6.45) is 3.99. The summed E-state index contributed by atoms with van der Waals surface area (Å²) in [5.74, 6) is 6.51. The molecule has 3 nitrogen and oxygen atoms in total. The molecule has 1 aliphatic carbocycles. The first kappa shape index (κ1) is 11.0. The number of nitrogens with two attached hydrogens (primary N) is 1. The van der Waals surface area contributed by atoms with Crippen LogP contribution in [0.3, 0.4) is 0 Å². The molecule has 0 saturated heterocycles. The van der Waals surface area contributed by atoms with E-state index < -0.39 is 0 Å². The second kappa shape index (κ2) is 3.95. The van der Waals surface area contributed by atoms with Gasteiger partial charge in [-0.15, -0.1) is 0 Å². The maximum absolute atomic E-state index is 5.60. The molecule has 3 N–H and O–H groups in total. The minimum Gasteiger partial charge on any atom is -0.303 e. The number of hydrogen-bond acceptors (Lipinski definition) is 3. The van der Waals surface area contributed by atoms with Gasteiger partial charge in [0, 0.05) is 11.6 Å². The van der Waals surface area contributed by atoms with Crippen LogP contribution in [0.4, 0.5) is 0 Å². The van der Waals surface area contributed by atoms with E-state index in [4.69, 9.17) is 5.84 Å². The van der Waals surface area contributed by atoms with Crippen LogP contribution in [-0.4, -0.2) is 30.6 Å². The van der Waals surface area contributed by atoms with Crippen molar-refractivity contribution >= 4 is 0 Å². The summed E-state index contributed by atoms with van der Waals surface area (Å²) in [4.78, 5) is 2.24. The van der Waals surface area contributed by atoms with Gasteiger partial charge in [-0.05, 0) is 40.3 Å². The lowest BCUT2D eigenvalue weighted by Gasteiger charge is -2.40. The van der Waals surface area contributed by atoms with Gasteiger partial charge < -0.3 is 4.90 Å². The summed E-state index contributed by atoms with van der Waals surface area (Å²) in [7, 11) is 4.22. The smallest absolute Gasteiger partial charge is 0.0391 e. The van der Waals surface area contributed by atoms with E-state index in [1.807, 2.05) is 0 Å². The molecule has 1 saturated carbocycles. The van der Waals surface area contributed by atoms with E-state index in [2.05, 4.69) is 38.3 Å². The molecular weight excluding hydrogens is 162 g/mol. The third-order valence-corrected chi connectivity index (χ3v) is 3.47. The zero-order chi connectivity index (χ0) is 10.1. The molecule has 13 heavy (non-hydrogen) atoms. The van der Waals surface area contributed by atoms with Crippen molar-refractivity contribution in [1.29, 1.82) is 0 Å². The molecule has 0 aromatic rings. The predicted octanol–water partition coefficient (Wildman–Crippen LogP) is 0.959. The summed E-state index contributed by atoms with van der Waals surface area (Å²) >= 11 is 0. The van der Waals surface area contributed by atoms with Crippen LogP contribution >= 0.6 is 0 Å². The van der Waals surface area contributed by atoms with E-state index in [-0.39, 0.29) is 5.54 Å². The van der Waals surface area contributed by atoms with Crippen LogP contribution < -0.4 is 11.3 Å². The monoisotopic (exact) mass is 185 g/mol. The van der Waals surface area contributed by atoms with Gasteiger partial charge in [0.25, 0.3) is 0 Å². The number of nitrogens with one attached hydrogen (secondary N) is 1. The van der Waals surface area contributed by atoms with E-state index in [0.717, 1.165) is 5.92 Å². The minimum absolute atomic E-state index is 0.136. The molecular formula is C10H23N3. The molecule has 3 heteroatoms. The maximum Gasteiger partial charge on any atom is 0.0391 e. The third-order valence-electron chi connectivity index (χ3n) is 3.47. The Bertz CT molecular complexity index is 162. The fourth-order valence-electron chi connectivity index (χ4n) is 1.56. The molecule has 1 aliphatic rings. The van der Waals surface area contributed by atoms with Crippen molar-refractivity contribution < 1.29 is 0 Å². The zero-order valence-corrected chi connectivity index (χ0v) is 9.30. The topological polar surface area (TPSA) is 41.3 Å². The summed E-state index contributed by atoms with van der Waals surface area (Å²) in [5.41, 5.74) is 3.09. The standard InChI is InChI=1S/C10H23N3/c1-10(2,13(3)4)9(12-11)7-8-5-6-8/h8-9,12H,5-7,11H2,1-4H3. The van der Waals surface area contributed by atoms with E-state index in [9.17, 15) is 0 Å². The summed E-state index contributed by atoms with van der Waals surface area (Å²) in [5, 5.41) is 0. The SMILES string of the molecule is CN(C)C(C)(C)C(CC1CC1)NN. The fraction of sp³-hybridized carbons (Fsp3) is 1.00. The van der Waals surface area contributed by atoms with Gasteiger partial charge in [-0.25, -0.2) is 0 Å². The average molecular weight is 185 g/mol. The van der Waals surface area contributed by atoms with Crippen LogP contribution in [0, 0.1) is 5.92 Å². The van der Waals surface area contributed by atoms with Crippen molar-refractivity contribution in [1.82, 2.24) is 10.3 Å². The highest BCUT2D eigenvalue weighted by Gasteiger charge is 2.35. The van der Waals surface area contributed by atoms with Crippen molar-refractivity contribution in [3.05, 3.63) is 0 Å². The van der Waals surface area contributed by atoms with Crippen LogP contribution in [-0.2, 0) is 0 Å². The summed E-state index contributed by atoms with van der Waals surface area (Å²) in [6.45, 7) is 4.47. The van der Waals surface area contributed by atoms with E-state index >= 15 is 0 Å². The fourth-order valence-corrected chi connectivity index (χ4v) is 1.56. The van der Waals surface area contributed by atoms with Crippen LogP contribution in [0.5, 0.6) is 0 Å². The van der Waals surface area contributed by atoms with Crippen molar-refractivity contribution in [2.75, 3.05) is 14.1 Å². The largest absolute Gasteiger partial charge is 0.303 e. The van der Waals surface area contributed by atoms with Gasteiger partial charge in [0.05, 0.1) is 0 Å². The van der Waals surface area contributed by atoms with Crippen molar-refractivity contribution in [2.24, 2.45) is 11.8 Å². The molecule has 1 atom stereocenters. The molecule has 1 rings (SSSR count). The van der Waals surface area contributed by atoms with Gasteiger partial charge in [0.1, 0.15) is 0 Å². The first-order valence-corrected chi connectivity index (χ1v) is 5.12. The Morgan fingerprint density at radius 3 is 2.31 bits per heavy atom. The second-order valence-corrected chi connectivity index (χ2v) is 4.95. The number of hydrogen-bond donors (Lipinski definition) is 2. The van der Waals surface area contributed by atoms with Crippen LogP contribution in [0.2, 0.25) is 0 Å². The predicted molar refractivity (Wildman–Crippen MR) is 56.2 cm³/mol. The quantitative estimate of drug-likeness (QED) is 0.495. The Balaban J connectivity index is 2.51. The van der Waals surface area contributed by atoms with Gasteiger partial charge in [0.2, 0.25) is 0 Å². The Labute approximate surface area is 81.6 Å².